The summed E-state index contributed by atoms with van der Waals surface area (Å²) in [7, 11) is 0. The van der Waals surface area contributed by atoms with Crippen LogP contribution in [0, 0.1) is 0 Å². The molecule has 0 atom stereocenters. The molecule has 1 aliphatic carbocycles. The van der Waals surface area contributed by atoms with E-state index in [-0.39, 0.29) is 0 Å². The molecule has 2 heteroatoms. The van der Waals surface area contributed by atoms with Crippen LogP contribution in [-0.4, -0.2) is 11.1 Å². The molecule has 0 saturated heterocycles. The minimum atomic E-state index is -0.854. The maximum atomic E-state index is 3.55. The average molecular weight is 372 g/mol. The van der Waals surface area contributed by atoms with Crippen molar-refractivity contribution in [2.45, 2.75) is 20.1 Å². The molecule has 4 aromatic carbocycles. The molecule has 29 heavy (non-hydrogen) atoms. The quantitative estimate of drug-likeness (QED) is 0.375. The van der Waals surface area contributed by atoms with Crippen LogP contribution in [0.2, 0.25) is 13.6 Å². The Bertz CT molecular complexity index is 1410. The Morgan fingerprint density at radius 1 is 0.621 bits per heavy atom. The van der Waals surface area contributed by atoms with E-state index in [1.54, 1.807) is 0 Å². The van der Waals surface area contributed by atoms with Gasteiger partial charge in [-0.15, -0.1) is 0 Å². The Labute approximate surface area is 171 Å². The van der Waals surface area contributed by atoms with E-state index in [2.05, 4.69) is 104 Å². The molecular formula is C27H23BN-. The Hall–Kier alpha value is -3.26. The number of rotatable bonds is 2. The molecule has 1 N–H and O–H groups in total. The molecule has 0 aliphatic heterocycles. The highest BCUT2D eigenvalue weighted by Gasteiger charge is 2.22. The topological polar surface area (TPSA) is 15.8 Å². The summed E-state index contributed by atoms with van der Waals surface area (Å²) in [6.45, 7) is 4.80. The van der Waals surface area contributed by atoms with Gasteiger partial charge in [-0.3, -0.25) is 0 Å². The van der Waals surface area contributed by atoms with Gasteiger partial charge < -0.3 is 4.98 Å². The Balaban J connectivity index is 1.50. The largest absolute Gasteiger partial charge is 0.355 e. The average Bonchev–Trinajstić information content (AvgIpc) is 3.31. The number of benzene rings is 4. The zero-order valence-corrected chi connectivity index (χ0v) is 16.9. The maximum absolute atomic E-state index is 3.55. The van der Waals surface area contributed by atoms with Gasteiger partial charge in [-0.05, 0) is 40.8 Å². The van der Waals surface area contributed by atoms with E-state index < -0.39 is 6.15 Å². The number of nitrogens with one attached hydrogen (secondary N) is 1. The van der Waals surface area contributed by atoms with Crippen molar-refractivity contribution in [2.24, 2.45) is 0 Å². The second-order valence-corrected chi connectivity index (χ2v) is 9.10. The van der Waals surface area contributed by atoms with Gasteiger partial charge in [0, 0.05) is 28.0 Å². The highest BCUT2D eigenvalue weighted by Crippen LogP contribution is 2.36. The van der Waals surface area contributed by atoms with Gasteiger partial charge in [0.1, 0.15) is 0 Å². The van der Waals surface area contributed by atoms with Crippen molar-refractivity contribution in [3.05, 3.63) is 96.1 Å². The number of para-hydroxylation sites is 1. The monoisotopic (exact) mass is 372 g/mol. The van der Waals surface area contributed by atoms with E-state index >= 15 is 0 Å². The molecule has 0 amide bonds. The molecule has 0 saturated carbocycles. The highest BCUT2D eigenvalue weighted by molar-refractivity contribution is 7.00. The van der Waals surface area contributed by atoms with Crippen molar-refractivity contribution < 1.29 is 0 Å². The lowest BCUT2D eigenvalue weighted by Gasteiger charge is -2.33. The fraction of sp³-hybridized carbons (Fsp3) is 0.111. The summed E-state index contributed by atoms with van der Waals surface area (Å²) in [6.07, 6.45) is 0.202. The molecule has 0 radical (unpaired) electrons. The zero-order chi connectivity index (χ0) is 19.6. The van der Waals surface area contributed by atoms with E-state index in [9.17, 15) is 0 Å². The van der Waals surface area contributed by atoms with Crippen LogP contribution < -0.4 is 10.9 Å². The van der Waals surface area contributed by atoms with E-state index in [4.69, 9.17) is 0 Å². The van der Waals surface area contributed by atoms with Crippen LogP contribution in [0.15, 0.2) is 84.9 Å². The Kier molecular flexibility index (Phi) is 3.38. The minimum Gasteiger partial charge on any atom is -0.355 e. The van der Waals surface area contributed by atoms with E-state index in [1.165, 1.54) is 55.0 Å². The van der Waals surface area contributed by atoms with Gasteiger partial charge >= 0.3 is 0 Å². The zero-order valence-electron chi connectivity index (χ0n) is 16.9. The SMILES string of the molecule is C[B-](C)(c1ccc2c(c1)-c1ccccc1C2)c1ccc2[nH]c3ccccc3c2c1. The maximum Gasteiger partial charge on any atom is 0.0486 e. The summed E-state index contributed by atoms with van der Waals surface area (Å²) in [5.41, 5.74) is 11.0. The molecule has 1 nitrogen and oxygen atoms in total. The smallest absolute Gasteiger partial charge is 0.0486 e. The van der Waals surface area contributed by atoms with Gasteiger partial charge in [0.05, 0.1) is 0 Å². The van der Waals surface area contributed by atoms with Crippen LogP contribution >= 0.6 is 0 Å². The lowest BCUT2D eigenvalue weighted by atomic mass is 9.21. The predicted molar refractivity (Wildman–Crippen MR) is 127 cm³/mol. The third kappa shape index (κ3) is 2.42. The normalized spacial score (nSPS) is 13.0. The molecule has 0 unspecified atom stereocenters. The number of hydrogen-bond donors (Lipinski definition) is 1. The van der Waals surface area contributed by atoms with Crippen LogP contribution in [0.4, 0.5) is 0 Å². The fourth-order valence-corrected chi connectivity index (χ4v) is 5.10. The highest BCUT2D eigenvalue weighted by atomic mass is 14.7. The molecule has 5 aromatic rings. The molecule has 140 valence electrons. The van der Waals surface area contributed by atoms with Crippen molar-refractivity contribution in [1.29, 1.82) is 0 Å². The van der Waals surface area contributed by atoms with Crippen molar-refractivity contribution in [3.63, 3.8) is 0 Å². The van der Waals surface area contributed by atoms with Crippen molar-refractivity contribution >= 4 is 38.9 Å². The Morgan fingerprint density at radius 2 is 1.31 bits per heavy atom. The van der Waals surface area contributed by atoms with Gasteiger partial charge in [0.2, 0.25) is 0 Å². The van der Waals surface area contributed by atoms with Gasteiger partial charge in [0.15, 0.2) is 0 Å². The second kappa shape index (κ2) is 5.87. The number of H-pyrrole nitrogens is 1. The summed E-state index contributed by atoms with van der Waals surface area (Å²) in [5, 5.41) is 2.62. The van der Waals surface area contributed by atoms with Crippen molar-refractivity contribution in [1.82, 2.24) is 4.98 Å². The van der Waals surface area contributed by atoms with Crippen molar-refractivity contribution in [3.8, 4) is 11.1 Å². The number of hydrogen-bond acceptors (Lipinski definition) is 0. The Morgan fingerprint density at radius 3 is 2.24 bits per heavy atom. The van der Waals surface area contributed by atoms with E-state index in [0.717, 1.165) is 6.42 Å². The van der Waals surface area contributed by atoms with Crippen molar-refractivity contribution in [2.75, 3.05) is 0 Å². The first-order valence-corrected chi connectivity index (χ1v) is 10.6. The molecular weight excluding hydrogens is 349 g/mol. The molecule has 6 rings (SSSR count). The molecule has 1 aromatic heterocycles. The van der Waals surface area contributed by atoms with Gasteiger partial charge in [-0.1, -0.05) is 72.8 Å². The van der Waals surface area contributed by atoms with Crippen LogP contribution in [0.25, 0.3) is 32.9 Å². The first kappa shape index (κ1) is 16.7. The molecule has 0 fully saturated rings. The molecule has 1 heterocycles. The lowest BCUT2D eigenvalue weighted by Crippen LogP contribution is -2.52. The number of aromatic amines is 1. The number of aromatic nitrogens is 1. The van der Waals surface area contributed by atoms with Gasteiger partial charge in [0.25, 0.3) is 0 Å². The van der Waals surface area contributed by atoms with E-state index in [1.807, 2.05) is 0 Å². The molecule has 0 spiro atoms. The van der Waals surface area contributed by atoms with Crippen LogP contribution in [0.5, 0.6) is 0 Å². The predicted octanol–water partition coefficient (Wildman–Crippen LogP) is 5.71. The summed E-state index contributed by atoms with van der Waals surface area (Å²) < 4.78 is 0. The third-order valence-corrected chi connectivity index (χ3v) is 7.02. The first-order valence-electron chi connectivity index (χ1n) is 10.6. The fourth-order valence-electron chi connectivity index (χ4n) is 5.10. The van der Waals surface area contributed by atoms with Crippen LogP contribution in [0.1, 0.15) is 11.1 Å². The lowest BCUT2D eigenvalue weighted by molar-refractivity contribution is 1.26. The van der Waals surface area contributed by atoms with E-state index in [0.29, 0.717) is 0 Å². The summed E-state index contributed by atoms with van der Waals surface area (Å²) >= 11 is 0. The second-order valence-electron chi connectivity index (χ2n) is 9.10. The minimum absolute atomic E-state index is 0.854. The first-order chi connectivity index (χ1) is 14.1. The van der Waals surface area contributed by atoms with Gasteiger partial charge in [-0.25, -0.2) is 10.9 Å². The summed E-state index contributed by atoms with van der Waals surface area (Å²) in [5.74, 6) is 0. The summed E-state index contributed by atoms with van der Waals surface area (Å²) in [6, 6.07) is 31.5. The number of fused-ring (bicyclic) bond motifs is 6. The van der Waals surface area contributed by atoms with Crippen LogP contribution in [0.3, 0.4) is 0 Å². The van der Waals surface area contributed by atoms with Gasteiger partial charge in [-0.2, -0.15) is 13.6 Å². The molecule has 0 bridgehead atoms. The molecule has 1 aliphatic rings. The van der Waals surface area contributed by atoms with Crippen LogP contribution in [-0.2, 0) is 6.42 Å². The third-order valence-electron chi connectivity index (χ3n) is 7.02. The summed E-state index contributed by atoms with van der Waals surface area (Å²) in [4.78, 5) is 3.55. The standard InChI is InChI=1S/C27H23BN/c1-28(2,20-12-11-19-15-18-7-3-4-8-22(18)24(19)16-20)21-13-14-27-25(17-21)23-9-5-6-10-26(23)29-27/h3-14,16-17,29H,15H2,1-2H3/q-1.